The number of hydrogen-bond donors (Lipinski definition) is 1. The summed E-state index contributed by atoms with van der Waals surface area (Å²) >= 11 is 0. The van der Waals surface area contributed by atoms with Crippen molar-refractivity contribution >= 4 is 17.8 Å². The van der Waals surface area contributed by atoms with Crippen LogP contribution >= 0.6 is 0 Å². The lowest BCUT2D eigenvalue weighted by Gasteiger charge is -2.21. The quantitative estimate of drug-likeness (QED) is 0.832. The van der Waals surface area contributed by atoms with Crippen molar-refractivity contribution in [2.45, 2.75) is 32.5 Å². The van der Waals surface area contributed by atoms with Gasteiger partial charge >= 0.3 is 12.3 Å². The first-order valence-electron chi connectivity index (χ1n) is 8.58. The van der Waals surface area contributed by atoms with Crippen molar-refractivity contribution in [2.24, 2.45) is 0 Å². The number of likely N-dealkylation sites (N-methyl/N-ethyl adjacent to an activating group) is 1. The monoisotopic (exact) mass is 410 g/mol. The highest BCUT2D eigenvalue weighted by atomic mass is 19.4. The number of ether oxygens (including phenoxy) is 1. The van der Waals surface area contributed by atoms with Crippen LogP contribution < -0.4 is 10.2 Å². The van der Waals surface area contributed by atoms with Crippen LogP contribution in [0.1, 0.15) is 26.3 Å². The summed E-state index contributed by atoms with van der Waals surface area (Å²) in [5.41, 5.74) is -0.499. The number of halogens is 3. The van der Waals surface area contributed by atoms with E-state index >= 15 is 0 Å². The molecule has 0 atom stereocenters. The average molecular weight is 410 g/mol. The van der Waals surface area contributed by atoms with E-state index in [0.717, 1.165) is 12.1 Å². The number of alkyl halides is 3. The Labute approximate surface area is 165 Å². The molecule has 0 saturated carbocycles. The third kappa shape index (κ3) is 6.44. The summed E-state index contributed by atoms with van der Waals surface area (Å²) in [6.45, 7) is 4.81. The van der Waals surface area contributed by atoms with Crippen LogP contribution in [0.5, 0.6) is 0 Å². The Bertz CT molecular complexity index is 878. The van der Waals surface area contributed by atoms with Crippen LogP contribution in [0.2, 0.25) is 0 Å². The molecule has 2 rings (SSSR count). The van der Waals surface area contributed by atoms with Crippen molar-refractivity contribution in [3.8, 4) is 11.3 Å². The van der Waals surface area contributed by atoms with Crippen molar-refractivity contribution in [3.05, 3.63) is 42.2 Å². The molecule has 156 valence electrons. The van der Waals surface area contributed by atoms with E-state index in [4.69, 9.17) is 4.74 Å². The summed E-state index contributed by atoms with van der Waals surface area (Å²) in [5, 5.41) is 2.56. The van der Waals surface area contributed by atoms with E-state index in [1.54, 1.807) is 20.8 Å². The molecule has 0 radical (unpaired) electrons. The molecule has 7 nitrogen and oxygen atoms in total. The van der Waals surface area contributed by atoms with Crippen LogP contribution in [0.25, 0.3) is 11.3 Å². The summed E-state index contributed by atoms with van der Waals surface area (Å²) in [6.07, 6.45) is -3.96. The number of hydrogen-bond acceptors (Lipinski definition) is 5. The maximum Gasteiger partial charge on any atom is 0.416 e. The molecule has 10 heteroatoms. The van der Waals surface area contributed by atoms with Gasteiger partial charge in [0.25, 0.3) is 5.91 Å². The van der Waals surface area contributed by atoms with Gasteiger partial charge in [0.05, 0.1) is 11.3 Å². The van der Waals surface area contributed by atoms with Crippen LogP contribution in [0.4, 0.5) is 23.8 Å². The van der Waals surface area contributed by atoms with E-state index in [1.807, 2.05) is 0 Å². The minimum Gasteiger partial charge on any atom is -0.439 e. The van der Waals surface area contributed by atoms with Gasteiger partial charge in [0.2, 0.25) is 0 Å². The third-order valence-electron chi connectivity index (χ3n) is 3.68. The SMILES string of the molecule is CN(C(=O)COC(=O)NC(C)(C)C)c1cc(-c2ccc(C(F)(F)F)cc2)ncn1. The molecule has 2 amide bonds. The molecule has 1 N–H and O–H groups in total. The van der Waals surface area contributed by atoms with Gasteiger partial charge in [-0.05, 0) is 32.9 Å². The summed E-state index contributed by atoms with van der Waals surface area (Å²) in [4.78, 5) is 33.1. The van der Waals surface area contributed by atoms with Crippen molar-refractivity contribution in [2.75, 3.05) is 18.6 Å². The molecule has 0 unspecified atom stereocenters. The lowest BCUT2D eigenvalue weighted by molar-refractivity contribution is -0.137. The van der Waals surface area contributed by atoms with Crippen molar-refractivity contribution in [1.82, 2.24) is 15.3 Å². The molecule has 0 aliphatic rings. The van der Waals surface area contributed by atoms with Crippen LogP contribution in [0.3, 0.4) is 0 Å². The maximum atomic E-state index is 12.7. The van der Waals surface area contributed by atoms with E-state index in [2.05, 4.69) is 15.3 Å². The lowest BCUT2D eigenvalue weighted by Crippen LogP contribution is -2.42. The van der Waals surface area contributed by atoms with Crippen LogP contribution in [0.15, 0.2) is 36.7 Å². The number of nitrogens with zero attached hydrogens (tertiary/aromatic N) is 3. The van der Waals surface area contributed by atoms with Crippen LogP contribution in [-0.4, -0.2) is 41.2 Å². The topological polar surface area (TPSA) is 84.4 Å². The van der Waals surface area contributed by atoms with Crippen LogP contribution in [0, 0.1) is 0 Å². The van der Waals surface area contributed by atoms with Crippen molar-refractivity contribution < 1.29 is 27.5 Å². The lowest BCUT2D eigenvalue weighted by atomic mass is 10.1. The highest BCUT2D eigenvalue weighted by molar-refractivity contribution is 5.94. The molecule has 1 aromatic heterocycles. The molecule has 29 heavy (non-hydrogen) atoms. The first-order valence-corrected chi connectivity index (χ1v) is 8.58. The summed E-state index contributed by atoms with van der Waals surface area (Å²) in [5.74, 6) is -0.328. The fourth-order valence-electron chi connectivity index (χ4n) is 2.21. The second-order valence-corrected chi connectivity index (χ2v) is 7.24. The summed E-state index contributed by atoms with van der Waals surface area (Å²) in [7, 11) is 1.44. The van der Waals surface area contributed by atoms with Gasteiger partial charge in [-0.2, -0.15) is 13.2 Å². The fourth-order valence-corrected chi connectivity index (χ4v) is 2.21. The average Bonchev–Trinajstić information content (AvgIpc) is 2.63. The Morgan fingerprint density at radius 1 is 1.10 bits per heavy atom. The first-order chi connectivity index (χ1) is 13.4. The van der Waals surface area contributed by atoms with Gasteiger partial charge in [0, 0.05) is 24.2 Å². The van der Waals surface area contributed by atoms with E-state index in [-0.39, 0.29) is 5.82 Å². The molecule has 0 fully saturated rings. The molecule has 0 aliphatic heterocycles. The minimum absolute atomic E-state index is 0.208. The molecule has 0 spiro atoms. The zero-order valence-corrected chi connectivity index (χ0v) is 16.4. The molecule has 0 bridgehead atoms. The Morgan fingerprint density at radius 2 is 1.72 bits per heavy atom. The Balaban J connectivity index is 2.08. The van der Waals surface area contributed by atoms with Crippen molar-refractivity contribution in [1.29, 1.82) is 0 Å². The molecular formula is C19H21F3N4O3. The fraction of sp³-hybridized carbons (Fsp3) is 0.368. The predicted octanol–water partition coefficient (Wildman–Crippen LogP) is 3.65. The Hall–Kier alpha value is -3.17. The largest absolute Gasteiger partial charge is 0.439 e. The Kier molecular flexibility index (Phi) is 6.45. The first kappa shape index (κ1) is 22.1. The number of benzene rings is 1. The van der Waals surface area contributed by atoms with Gasteiger partial charge in [0.15, 0.2) is 6.61 Å². The van der Waals surface area contributed by atoms with E-state index in [0.29, 0.717) is 11.3 Å². The highest BCUT2D eigenvalue weighted by Gasteiger charge is 2.30. The third-order valence-corrected chi connectivity index (χ3v) is 3.68. The normalized spacial score (nSPS) is 11.7. The van der Waals surface area contributed by atoms with Gasteiger partial charge in [-0.1, -0.05) is 12.1 Å². The summed E-state index contributed by atoms with van der Waals surface area (Å²) < 4.78 is 43.0. The van der Waals surface area contributed by atoms with Crippen LogP contribution in [-0.2, 0) is 15.7 Å². The van der Waals surface area contributed by atoms with Gasteiger partial charge in [0.1, 0.15) is 12.1 Å². The number of anilines is 1. The van der Waals surface area contributed by atoms with Gasteiger partial charge in [-0.25, -0.2) is 14.8 Å². The number of carbonyl (C=O) groups is 2. The second kappa shape index (κ2) is 8.46. The molecule has 0 saturated heterocycles. The maximum absolute atomic E-state index is 12.7. The molecule has 0 aliphatic carbocycles. The van der Waals surface area contributed by atoms with E-state index in [9.17, 15) is 22.8 Å². The molecule has 1 aromatic carbocycles. The smallest absolute Gasteiger partial charge is 0.416 e. The number of alkyl carbamates (subject to hydrolysis) is 1. The predicted molar refractivity (Wildman–Crippen MR) is 100 cm³/mol. The number of aromatic nitrogens is 2. The highest BCUT2D eigenvalue weighted by Crippen LogP contribution is 2.30. The number of nitrogens with one attached hydrogen (secondary N) is 1. The standard InChI is InChI=1S/C19H21F3N4O3/c1-18(2,3)25-17(28)29-10-16(27)26(4)15-9-14(23-11-24-15)12-5-7-13(8-6-12)19(20,21)22/h5-9,11H,10H2,1-4H3,(H,25,28). The second-order valence-electron chi connectivity index (χ2n) is 7.24. The number of rotatable bonds is 4. The molecule has 1 heterocycles. The Morgan fingerprint density at radius 3 is 2.28 bits per heavy atom. The van der Waals surface area contributed by atoms with E-state index in [1.165, 1.54) is 36.5 Å². The van der Waals surface area contributed by atoms with Gasteiger partial charge < -0.3 is 10.1 Å². The van der Waals surface area contributed by atoms with Gasteiger partial charge in [-0.3, -0.25) is 9.69 Å². The number of amides is 2. The van der Waals surface area contributed by atoms with Gasteiger partial charge in [-0.15, -0.1) is 0 Å². The summed E-state index contributed by atoms with van der Waals surface area (Å²) in [6, 6.07) is 5.93. The zero-order valence-electron chi connectivity index (χ0n) is 16.4. The molecule has 2 aromatic rings. The molecular weight excluding hydrogens is 389 g/mol. The minimum atomic E-state index is -4.43. The number of carbonyl (C=O) groups excluding carboxylic acids is 2. The van der Waals surface area contributed by atoms with E-state index < -0.39 is 35.9 Å². The van der Waals surface area contributed by atoms with Crippen molar-refractivity contribution in [3.63, 3.8) is 0 Å². The zero-order chi connectivity index (χ0) is 21.8.